The molecule has 1 fully saturated rings. The maximum absolute atomic E-state index is 12.7. The van der Waals surface area contributed by atoms with E-state index in [0.29, 0.717) is 29.3 Å². The summed E-state index contributed by atoms with van der Waals surface area (Å²) in [6, 6.07) is 8.86. The van der Waals surface area contributed by atoms with E-state index in [0.717, 1.165) is 30.4 Å². The van der Waals surface area contributed by atoms with Gasteiger partial charge in [0.1, 0.15) is 12.3 Å². The highest BCUT2D eigenvalue weighted by Gasteiger charge is 2.25. The molecule has 1 unspecified atom stereocenters. The lowest BCUT2D eigenvalue weighted by molar-refractivity contribution is 0.0717. The van der Waals surface area contributed by atoms with E-state index in [2.05, 4.69) is 22.1 Å². The largest absolute Gasteiger partial charge is 0.391 e. The van der Waals surface area contributed by atoms with Crippen molar-refractivity contribution in [2.75, 3.05) is 13.7 Å². The number of amides is 1. The van der Waals surface area contributed by atoms with E-state index < -0.39 is 6.10 Å². The fourth-order valence-corrected chi connectivity index (χ4v) is 3.39. The van der Waals surface area contributed by atoms with Crippen LogP contribution in [0.15, 0.2) is 36.5 Å². The smallest absolute Gasteiger partial charge is 0.253 e. The average molecular weight is 399 g/mol. The Kier molecular flexibility index (Phi) is 7.05. The monoisotopic (exact) mass is 398 g/mol. The van der Waals surface area contributed by atoms with Gasteiger partial charge in [-0.3, -0.25) is 4.79 Å². The fourth-order valence-electron chi connectivity index (χ4n) is 3.26. The molecule has 6 heteroatoms. The number of nitrogens with zero attached hydrogens (tertiary/aromatic N) is 1. The van der Waals surface area contributed by atoms with E-state index in [1.54, 1.807) is 25.3 Å². The van der Waals surface area contributed by atoms with Gasteiger partial charge >= 0.3 is 0 Å². The molecule has 1 aromatic heterocycles. The summed E-state index contributed by atoms with van der Waals surface area (Å²) in [5.41, 5.74) is 2.61. The number of aliphatic hydroxyl groups is 1. The maximum Gasteiger partial charge on any atom is 0.253 e. The van der Waals surface area contributed by atoms with Gasteiger partial charge in [0.2, 0.25) is 0 Å². The molecule has 0 saturated heterocycles. The number of aliphatic hydroxyl groups excluding tert-OH is 1. The predicted molar refractivity (Wildman–Crippen MR) is 109 cm³/mol. The Morgan fingerprint density at radius 1 is 1.32 bits per heavy atom. The van der Waals surface area contributed by atoms with Gasteiger partial charge in [0.25, 0.3) is 5.91 Å². The van der Waals surface area contributed by atoms with Crippen LogP contribution in [-0.2, 0) is 4.74 Å². The third kappa shape index (κ3) is 5.11. The zero-order valence-electron chi connectivity index (χ0n) is 15.7. The van der Waals surface area contributed by atoms with Crippen LogP contribution in [-0.4, -0.2) is 41.9 Å². The lowest BCUT2D eigenvalue weighted by atomic mass is 9.92. The number of aromatic nitrogens is 1. The van der Waals surface area contributed by atoms with Gasteiger partial charge in [-0.15, -0.1) is 0 Å². The van der Waals surface area contributed by atoms with Crippen molar-refractivity contribution in [2.45, 2.75) is 37.8 Å². The topological polar surface area (TPSA) is 71.5 Å². The van der Waals surface area contributed by atoms with Crippen LogP contribution in [0, 0.1) is 11.8 Å². The number of hydrogen-bond acceptors (Lipinski definition) is 4. The Labute approximate surface area is 170 Å². The number of benzene rings is 1. The van der Waals surface area contributed by atoms with Gasteiger partial charge in [0, 0.05) is 23.9 Å². The second kappa shape index (κ2) is 9.70. The molecule has 1 amide bonds. The molecular weight excluding hydrogens is 376 g/mol. The number of pyridine rings is 1. The molecule has 0 aliphatic heterocycles. The van der Waals surface area contributed by atoms with Gasteiger partial charge in [-0.2, -0.15) is 0 Å². The van der Waals surface area contributed by atoms with E-state index in [4.69, 9.17) is 16.3 Å². The Morgan fingerprint density at radius 2 is 2.07 bits per heavy atom. The van der Waals surface area contributed by atoms with Crippen LogP contribution in [0.1, 0.15) is 41.7 Å². The van der Waals surface area contributed by atoms with Crippen LogP contribution in [0.3, 0.4) is 0 Å². The summed E-state index contributed by atoms with van der Waals surface area (Å²) in [5, 5.41) is 13.7. The molecular formula is C22H23ClN2O3. The first kappa shape index (κ1) is 20.3. The normalized spacial score (nSPS) is 18.8. The summed E-state index contributed by atoms with van der Waals surface area (Å²) < 4.78 is 4.97. The van der Waals surface area contributed by atoms with Crippen molar-refractivity contribution in [1.82, 2.24) is 10.3 Å². The predicted octanol–water partition coefficient (Wildman–Crippen LogP) is 3.43. The van der Waals surface area contributed by atoms with Gasteiger partial charge in [0.05, 0.1) is 17.7 Å². The van der Waals surface area contributed by atoms with Crippen LogP contribution in [0.2, 0.25) is 5.02 Å². The van der Waals surface area contributed by atoms with E-state index in [-0.39, 0.29) is 11.9 Å². The highest BCUT2D eigenvalue weighted by molar-refractivity contribution is 6.30. The number of halogens is 1. The zero-order chi connectivity index (χ0) is 19.9. The van der Waals surface area contributed by atoms with Crippen LogP contribution in [0.4, 0.5) is 0 Å². The third-order valence-electron chi connectivity index (χ3n) is 4.77. The summed E-state index contributed by atoms with van der Waals surface area (Å²) in [4.78, 5) is 17.1. The number of carbonyl (C=O) groups excluding carboxylic acids is 1. The lowest BCUT2D eigenvalue weighted by Gasteiger charge is -2.28. The van der Waals surface area contributed by atoms with Gasteiger partial charge in [-0.25, -0.2) is 4.98 Å². The van der Waals surface area contributed by atoms with Crippen molar-refractivity contribution in [3.8, 4) is 23.0 Å². The number of carbonyl (C=O) groups is 1. The van der Waals surface area contributed by atoms with Gasteiger partial charge in [0.15, 0.2) is 0 Å². The highest BCUT2D eigenvalue weighted by atomic mass is 35.5. The first-order valence-corrected chi connectivity index (χ1v) is 9.69. The maximum atomic E-state index is 12.7. The minimum absolute atomic E-state index is 0.221. The fraction of sp³-hybridized carbons (Fsp3) is 0.364. The SMILES string of the molecule is COCC#Cc1ncc(C(=O)NC2CCCC[C@H]2O)cc1-c1ccc(Cl)cc1. The molecule has 28 heavy (non-hydrogen) atoms. The molecule has 1 aliphatic rings. The number of nitrogens with one attached hydrogen (secondary N) is 1. The van der Waals surface area contributed by atoms with Crippen molar-refractivity contribution in [3.63, 3.8) is 0 Å². The van der Waals surface area contributed by atoms with Crippen LogP contribution in [0.5, 0.6) is 0 Å². The molecule has 1 saturated carbocycles. The second-order valence-corrected chi connectivity index (χ2v) is 7.23. The zero-order valence-corrected chi connectivity index (χ0v) is 16.5. The summed E-state index contributed by atoms with van der Waals surface area (Å²) in [6.07, 6.45) is 4.51. The van der Waals surface area contributed by atoms with Gasteiger partial charge in [-0.05, 0) is 42.5 Å². The lowest BCUT2D eigenvalue weighted by Crippen LogP contribution is -2.45. The molecule has 5 nitrogen and oxygen atoms in total. The number of ether oxygens (including phenoxy) is 1. The summed E-state index contributed by atoms with van der Waals surface area (Å²) in [5.74, 6) is 5.64. The number of methoxy groups -OCH3 is 1. The Hall–Kier alpha value is -2.39. The van der Waals surface area contributed by atoms with Crippen molar-refractivity contribution in [1.29, 1.82) is 0 Å². The van der Waals surface area contributed by atoms with Crippen molar-refractivity contribution >= 4 is 17.5 Å². The molecule has 2 atom stereocenters. The number of hydrogen-bond donors (Lipinski definition) is 2. The Morgan fingerprint density at radius 3 is 2.79 bits per heavy atom. The molecule has 0 spiro atoms. The highest BCUT2D eigenvalue weighted by Crippen LogP contribution is 2.25. The van der Waals surface area contributed by atoms with Crippen molar-refractivity contribution in [3.05, 3.63) is 52.8 Å². The van der Waals surface area contributed by atoms with E-state index >= 15 is 0 Å². The van der Waals surface area contributed by atoms with Crippen LogP contribution >= 0.6 is 11.6 Å². The molecule has 146 valence electrons. The Bertz CT molecular complexity index is 887. The molecule has 1 heterocycles. The third-order valence-corrected chi connectivity index (χ3v) is 5.03. The molecule has 2 N–H and O–H groups in total. The molecule has 0 bridgehead atoms. The van der Waals surface area contributed by atoms with Gasteiger partial charge < -0.3 is 15.2 Å². The Balaban J connectivity index is 1.90. The second-order valence-electron chi connectivity index (χ2n) is 6.79. The minimum atomic E-state index is -0.499. The molecule has 3 rings (SSSR count). The van der Waals surface area contributed by atoms with E-state index in [9.17, 15) is 9.90 Å². The summed E-state index contributed by atoms with van der Waals surface area (Å²) >= 11 is 6.00. The van der Waals surface area contributed by atoms with Gasteiger partial charge in [-0.1, -0.05) is 42.5 Å². The van der Waals surface area contributed by atoms with Crippen molar-refractivity contribution < 1.29 is 14.6 Å². The summed E-state index contributed by atoms with van der Waals surface area (Å²) in [6.45, 7) is 0.295. The number of rotatable bonds is 4. The minimum Gasteiger partial charge on any atom is -0.391 e. The average Bonchev–Trinajstić information content (AvgIpc) is 2.71. The molecule has 0 radical (unpaired) electrons. The van der Waals surface area contributed by atoms with Crippen LogP contribution in [0.25, 0.3) is 11.1 Å². The van der Waals surface area contributed by atoms with Crippen LogP contribution < -0.4 is 5.32 Å². The molecule has 2 aromatic rings. The molecule has 1 aliphatic carbocycles. The quantitative estimate of drug-likeness (QED) is 0.774. The summed E-state index contributed by atoms with van der Waals surface area (Å²) in [7, 11) is 1.58. The first-order valence-electron chi connectivity index (χ1n) is 9.31. The van der Waals surface area contributed by atoms with E-state index in [1.165, 1.54) is 6.20 Å². The molecule has 1 aromatic carbocycles. The van der Waals surface area contributed by atoms with Crippen molar-refractivity contribution in [2.24, 2.45) is 0 Å². The first-order chi connectivity index (χ1) is 13.6. The standard InChI is InChI=1S/C22H23ClN2O3/c1-28-12-4-6-19-18(15-8-10-17(23)11-9-15)13-16(14-24-19)22(27)25-20-5-2-3-7-21(20)26/h8-11,13-14,20-21,26H,2-3,5,7,12H2,1H3,(H,25,27)/t20?,21-/m1/s1. The van der Waals surface area contributed by atoms with E-state index in [1.807, 2.05) is 12.1 Å².